The van der Waals surface area contributed by atoms with Gasteiger partial charge in [0.05, 0.1) is 11.7 Å². The number of aromatic carboxylic acids is 1. The number of anilines is 1. The number of sulfonamides is 1. The number of para-hydroxylation sites is 1. The van der Waals surface area contributed by atoms with Crippen molar-refractivity contribution in [2.75, 3.05) is 18.0 Å². The molecule has 0 radical (unpaired) electrons. The smallest absolute Gasteiger partial charge is 0.241 e. The zero-order valence-electron chi connectivity index (χ0n) is 13.3. The number of carbonyl (C=O) groups excluding carboxylic acids is 1. The van der Waals surface area contributed by atoms with Crippen LogP contribution < -0.4 is 19.9 Å². The quantitative estimate of drug-likeness (QED) is 0.853. The first-order valence-electron chi connectivity index (χ1n) is 7.76. The van der Waals surface area contributed by atoms with E-state index in [1.54, 1.807) is 30.3 Å². The third-order valence-corrected chi connectivity index (χ3v) is 4.90. The summed E-state index contributed by atoms with van der Waals surface area (Å²) in [6, 6.07) is 11.0. The van der Waals surface area contributed by atoms with Gasteiger partial charge in [0.25, 0.3) is 0 Å². The molecule has 0 bridgehead atoms. The molecule has 132 valence electrons. The van der Waals surface area contributed by atoms with Gasteiger partial charge in [-0.25, -0.2) is 13.6 Å². The molecule has 1 aliphatic heterocycles. The molecule has 1 aliphatic rings. The van der Waals surface area contributed by atoms with Crippen molar-refractivity contribution in [3.63, 3.8) is 0 Å². The van der Waals surface area contributed by atoms with E-state index >= 15 is 0 Å². The standard InChI is InChI=1S/C17H18N2O5S/c18-25(22,23)15-11-12(17(20)21)10-14(19-8-4-5-9-19)16(15)24-13-6-2-1-3-7-13/h1-3,6-7,10-11H,4-5,8-9H2,(H,20,21)(H2,18,22,23)/p-1. The van der Waals surface area contributed by atoms with Gasteiger partial charge in [0, 0.05) is 18.7 Å². The first-order chi connectivity index (χ1) is 11.9. The lowest BCUT2D eigenvalue weighted by molar-refractivity contribution is -0.255. The van der Waals surface area contributed by atoms with Gasteiger partial charge in [0.2, 0.25) is 10.0 Å². The molecule has 2 N–H and O–H groups in total. The molecular formula is C17H17N2O5S-. The fraction of sp³-hybridized carbons (Fsp3) is 0.235. The highest BCUT2D eigenvalue weighted by molar-refractivity contribution is 7.89. The lowest BCUT2D eigenvalue weighted by Crippen LogP contribution is -2.26. The summed E-state index contributed by atoms with van der Waals surface area (Å²) in [5.41, 5.74) is 0.124. The van der Waals surface area contributed by atoms with Gasteiger partial charge in [-0.2, -0.15) is 0 Å². The van der Waals surface area contributed by atoms with Crippen molar-refractivity contribution in [1.82, 2.24) is 0 Å². The van der Waals surface area contributed by atoms with Crippen LogP contribution in [0.5, 0.6) is 11.5 Å². The van der Waals surface area contributed by atoms with Gasteiger partial charge in [-0.3, -0.25) is 0 Å². The molecule has 25 heavy (non-hydrogen) atoms. The number of rotatable bonds is 5. The lowest BCUT2D eigenvalue weighted by atomic mass is 10.1. The molecule has 3 rings (SSSR count). The number of nitrogens with two attached hydrogens (primary N) is 1. The van der Waals surface area contributed by atoms with Crippen LogP contribution in [0, 0.1) is 0 Å². The summed E-state index contributed by atoms with van der Waals surface area (Å²) in [5, 5.41) is 16.6. The van der Waals surface area contributed by atoms with Gasteiger partial charge in [-0.15, -0.1) is 0 Å². The van der Waals surface area contributed by atoms with E-state index in [1.165, 1.54) is 6.07 Å². The van der Waals surface area contributed by atoms with E-state index in [-0.39, 0.29) is 16.2 Å². The highest BCUT2D eigenvalue weighted by atomic mass is 32.2. The maximum absolute atomic E-state index is 12.1. The number of primary sulfonamides is 1. The summed E-state index contributed by atoms with van der Waals surface area (Å²) in [6.07, 6.45) is 1.84. The van der Waals surface area contributed by atoms with Crippen molar-refractivity contribution in [2.24, 2.45) is 5.14 Å². The van der Waals surface area contributed by atoms with Gasteiger partial charge in [-0.1, -0.05) is 18.2 Å². The first-order valence-corrected chi connectivity index (χ1v) is 9.31. The Balaban J connectivity index is 2.22. The second-order valence-corrected chi connectivity index (χ2v) is 7.29. The molecular weight excluding hydrogens is 344 g/mol. The van der Waals surface area contributed by atoms with Crippen LogP contribution in [0.15, 0.2) is 47.4 Å². The third kappa shape index (κ3) is 3.75. The average Bonchev–Trinajstić information content (AvgIpc) is 3.09. The highest BCUT2D eigenvalue weighted by Crippen LogP contribution is 2.40. The number of hydrogen-bond donors (Lipinski definition) is 1. The fourth-order valence-corrected chi connectivity index (χ4v) is 3.51. The second-order valence-electron chi connectivity index (χ2n) is 5.76. The van der Waals surface area contributed by atoms with E-state index in [0.717, 1.165) is 18.9 Å². The molecule has 0 atom stereocenters. The number of carbonyl (C=O) groups is 1. The molecule has 0 aromatic heterocycles. The van der Waals surface area contributed by atoms with Crippen LogP contribution in [0.3, 0.4) is 0 Å². The summed E-state index contributed by atoms with van der Waals surface area (Å²) >= 11 is 0. The van der Waals surface area contributed by atoms with Crippen molar-refractivity contribution >= 4 is 21.7 Å². The minimum Gasteiger partial charge on any atom is -0.545 e. The summed E-state index contributed by atoms with van der Waals surface area (Å²) in [6.45, 7) is 1.34. The molecule has 1 saturated heterocycles. The van der Waals surface area contributed by atoms with Crippen molar-refractivity contribution in [2.45, 2.75) is 17.7 Å². The van der Waals surface area contributed by atoms with Crippen molar-refractivity contribution < 1.29 is 23.1 Å². The largest absolute Gasteiger partial charge is 0.545 e. The lowest BCUT2D eigenvalue weighted by Gasteiger charge is -2.24. The average molecular weight is 361 g/mol. The minimum absolute atomic E-state index is 0.0283. The van der Waals surface area contributed by atoms with Gasteiger partial charge in [-0.05, 0) is 37.1 Å². The molecule has 1 fully saturated rings. The Morgan fingerprint density at radius 3 is 2.32 bits per heavy atom. The van der Waals surface area contributed by atoms with E-state index < -0.39 is 16.0 Å². The summed E-state index contributed by atoms with van der Waals surface area (Å²) in [4.78, 5) is 12.8. The molecule has 2 aromatic carbocycles. The minimum atomic E-state index is -4.20. The van der Waals surface area contributed by atoms with E-state index in [9.17, 15) is 18.3 Å². The predicted octanol–water partition coefficient (Wildman–Crippen LogP) is 1.09. The topological polar surface area (TPSA) is 113 Å². The fourth-order valence-electron chi connectivity index (χ4n) is 2.82. The van der Waals surface area contributed by atoms with Gasteiger partial charge in [0.15, 0.2) is 5.75 Å². The van der Waals surface area contributed by atoms with Crippen molar-refractivity contribution in [1.29, 1.82) is 0 Å². The maximum atomic E-state index is 12.1. The number of benzene rings is 2. The molecule has 2 aromatic rings. The maximum Gasteiger partial charge on any atom is 0.241 e. The van der Waals surface area contributed by atoms with Crippen LogP contribution in [0.2, 0.25) is 0 Å². The van der Waals surface area contributed by atoms with Crippen LogP contribution in [0.1, 0.15) is 23.2 Å². The Hall–Kier alpha value is -2.58. The van der Waals surface area contributed by atoms with E-state index in [4.69, 9.17) is 9.88 Å². The molecule has 7 nitrogen and oxygen atoms in total. The van der Waals surface area contributed by atoms with E-state index in [1.807, 2.05) is 4.90 Å². The Labute approximate surface area is 145 Å². The van der Waals surface area contributed by atoms with Crippen LogP contribution in [-0.2, 0) is 10.0 Å². The molecule has 0 aliphatic carbocycles. The SMILES string of the molecule is NS(=O)(=O)c1cc(C(=O)[O-])cc(N2CCCC2)c1Oc1ccccc1. The number of carboxylic acids is 1. The zero-order chi connectivity index (χ0) is 18.0. The zero-order valence-corrected chi connectivity index (χ0v) is 14.2. The van der Waals surface area contributed by atoms with E-state index in [2.05, 4.69) is 0 Å². The van der Waals surface area contributed by atoms with Crippen LogP contribution in [0.25, 0.3) is 0 Å². The Bertz CT molecular complexity index is 891. The Kier molecular flexibility index (Phi) is 4.65. The first kappa shape index (κ1) is 17.2. The van der Waals surface area contributed by atoms with Gasteiger partial charge >= 0.3 is 0 Å². The van der Waals surface area contributed by atoms with Crippen molar-refractivity contribution in [3.05, 3.63) is 48.0 Å². The van der Waals surface area contributed by atoms with Crippen molar-refractivity contribution in [3.8, 4) is 11.5 Å². The monoisotopic (exact) mass is 361 g/mol. The molecule has 0 unspecified atom stereocenters. The molecule has 0 spiro atoms. The van der Waals surface area contributed by atoms with Crippen LogP contribution in [0.4, 0.5) is 5.69 Å². The summed E-state index contributed by atoms with van der Waals surface area (Å²) < 4.78 is 29.9. The molecule has 0 amide bonds. The highest BCUT2D eigenvalue weighted by Gasteiger charge is 2.26. The van der Waals surface area contributed by atoms with Gasteiger partial charge < -0.3 is 19.5 Å². The van der Waals surface area contributed by atoms with Crippen LogP contribution >= 0.6 is 0 Å². The Morgan fingerprint density at radius 1 is 1.12 bits per heavy atom. The van der Waals surface area contributed by atoms with Crippen LogP contribution in [-0.4, -0.2) is 27.5 Å². The predicted molar refractivity (Wildman–Crippen MR) is 90.1 cm³/mol. The van der Waals surface area contributed by atoms with Gasteiger partial charge in [0.1, 0.15) is 10.6 Å². The molecule has 8 heteroatoms. The molecule has 0 saturated carbocycles. The second kappa shape index (κ2) is 6.73. The number of nitrogens with zero attached hydrogens (tertiary/aromatic N) is 1. The summed E-state index contributed by atoms with van der Waals surface area (Å²) in [7, 11) is -4.20. The summed E-state index contributed by atoms with van der Waals surface area (Å²) in [5.74, 6) is -1.02. The Morgan fingerprint density at radius 2 is 1.76 bits per heavy atom. The molecule has 1 heterocycles. The van der Waals surface area contributed by atoms with E-state index in [0.29, 0.717) is 24.5 Å². The number of ether oxygens (including phenoxy) is 1. The normalized spacial score (nSPS) is 14.5. The third-order valence-electron chi connectivity index (χ3n) is 3.99. The number of hydrogen-bond acceptors (Lipinski definition) is 6. The number of carboxylic acid groups (broad SMARTS) is 1.